The van der Waals surface area contributed by atoms with Crippen molar-refractivity contribution in [3.63, 3.8) is 0 Å². The fourth-order valence-corrected chi connectivity index (χ4v) is 5.25. The first-order chi connectivity index (χ1) is 13.6. The molecular formula is C22H23NO4S. The van der Waals surface area contributed by atoms with E-state index in [2.05, 4.69) is 23.1 Å². The van der Waals surface area contributed by atoms with Crippen molar-refractivity contribution in [2.24, 2.45) is 0 Å². The van der Waals surface area contributed by atoms with Gasteiger partial charge in [0.2, 0.25) is 0 Å². The molecule has 0 amide bonds. The van der Waals surface area contributed by atoms with Gasteiger partial charge in [-0.05, 0) is 42.5 Å². The Balaban J connectivity index is 1.88. The van der Waals surface area contributed by atoms with Crippen molar-refractivity contribution in [2.75, 3.05) is 20.8 Å². The van der Waals surface area contributed by atoms with Crippen LogP contribution in [-0.4, -0.2) is 42.8 Å². The largest absolute Gasteiger partial charge is 0.497 e. The summed E-state index contributed by atoms with van der Waals surface area (Å²) >= 11 is 1.71. The van der Waals surface area contributed by atoms with Crippen LogP contribution < -0.4 is 9.47 Å². The van der Waals surface area contributed by atoms with E-state index >= 15 is 0 Å². The second kappa shape index (κ2) is 7.81. The number of likely N-dealkylation sites (tertiary alicyclic amines) is 1. The lowest BCUT2D eigenvalue weighted by atomic mass is 10.0. The highest BCUT2D eigenvalue weighted by atomic mass is 32.1. The number of aliphatic carboxylic acids is 1. The van der Waals surface area contributed by atoms with Crippen LogP contribution in [0.2, 0.25) is 0 Å². The highest BCUT2D eigenvalue weighted by Crippen LogP contribution is 2.43. The lowest BCUT2D eigenvalue weighted by Gasteiger charge is -2.32. The van der Waals surface area contributed by atoms with Gasteiger partial charge in [-0.25, -0.2) is 0 Å². The average Bonchev–Trinajstić information content (AvgIpc) is 3.35. The number of nitrogens with zero attached hydrogens (tertiary/aromatic N) is 1. The molecule has 2 heterocycles. The quantitative estimate of drug-likeness (QED) is 0.661. The van der Waals surface area contributed by atoms with E-state index in [9.17, 15) is 9.90 Å². The van der Waals surface area contributed by atoms with Crippen molar-refractivity contribution >= 4 is 27.4 Å². The first kappa shape index (κ1) is 18.8. The third-order valence-corrected chi connectivity index (χ3v) is 6.53. The number of hydrogen-bond donors (Lipinski definition) is 1. The molecule has 1 aliphatic heterocycles. The van der Waals surface area contributed by atoms with E-state index in [-0.39, 0.29) is 6.04 Å². The van der Waals surface area contributed by atoms with Crippen molar-refractivity contribution in [2.45, 2.75) is 24.9 Å². The van der Waals surface area contributed by atoms with Gasteiger partial charge in [0, 0.05) is 27.8 Å². The van der Waals surface area contributed by atoms with Gasteiger partial charge in [0.05, 0.1) is 20.3 Å². The number of fused-ring (bicyclic) bond motifs is 1. The molecule has 1 aromatic heterocycles. The van der Waals surface area contributed by atoms with Gasteiger partial charge < -0.3 is 14.6 Å². The van der Waals surface area contributed by atoms with E-state index in [0.29, 0.717) is 17.9 Å². The lowest BCUT2D eigenvalue weighted by Crippen LogP contribution is -2.39. The number of carboxylic acids is 1. The van der Waals surface area contributed by atoms with Crippen LogP contribution in [0.1, 0.15) is 29.3 Å². The molecule has 0 radical (unpaired) electrons. The van der Waals surface area contributed by atoms with Crippen LogP contribution in [0.5, 0.6) is 11.5 Å². The van der Waals surface area contributed by atoms with Crippen molar-refractivity contribution in [1.82, 2.24) is 4.90 Å². The Morgan fingerprint density at radius 1 is 1.18 bits per heavy atom. The summed E-state index contributed by atoms with van der Waals surface area (Å²) in [5.74, 6) is 0.654. The summed E-state index contributed by atoms with van der Waals surface area (Å²) in [6.07, 6.45) is 1.53. The topological polar surface area (TPSA) is 59.0 Å². The second-order valence-electron chi connectivity index (χ2n) is 6.93. The molecule has 6 heteroatoms. The van der Waals surface area contributed by atoms with Gasteiger partial charge in [0.15, 0.2) is 0 Å². The molecule has 4 rings (SSSR count). The number of hydrogen-bond acceptors (Lipinski definition) is 5. The summed E-state index contributed by atoms with van der Waals surface area (Å²) < 4.78 is 12.2. The predicted octanol–water partition coefficient (Wildman–Crippen LogP) is 4.56. The van der Waals surface area contributed by atoms with E-state index < -0.39 is 12.0 Å². The fraction of sp³-hybridized carbons (Fsp3) is 0.318. The minimum absolute atomic E-state index is 0.179. The van der Waals surface area contributed by atoms with Gasteiger partial charge in [-0.2, -0.15) is 0 Å². The fourth-order valence-electron chi connectivity index (χ4n) is 4.04. The van der Waals surface area contributed by atoms with Gasteiger partial charge in [0.1, 0.15) is 17.5 Å². The molecule has 0 spiro atoms. The molecule has 146 valence electrons. The van der Waals surface area contributed by atoms with Crippen molar-refractivity contribution in [3.05, 3.63) is 59.0 Å². The molecule has 28 heavy (non-hydrogen) atoms. The van der Waals surface area contributed by atoms with Crippen molar-refractivity contribution < 1.29 is 19.4 Å². The van der Waals surface area contributed by atoms with Crippen LogP contribution in [0.15, 0.2) is 48.5 Å². The van der Waals surface area contributed by atoms with Crippen LogP contribution in [0.4, 0.5) is 0 Å². The van der Waals surface area contributed by atoms with Gasteiger partial charge in [-0.1, -0.05) is 18.2 Å². The SMILES string of the molecule is COc1ccc(C(c2cc3ccccc3s2)N2CCCC2C(=O)O)c(OC)c1. The van der Waals surface area contributed by atoms with Gasteiger partial charge in [0.25, 0.3) is 0 Å². The predicted molar refractivity (Wildman–Crippen MR) is 111 cm³/mol. The average molecular weight is 397 g/mol. The number of thiophene rings is 1. The highest BCUT2D eigenvalue weighted by Gasteiger charge is 2.38. The molecule has 0 saturated carbocycles. The van der Waals surface area contributed by atoms with E-state index in [1.165, 1.54) is 10.1 Å². The summed E-state index contributed by atoms with van der Waals surface area (Å²) in [6, 6.07) is 15.5. The zero-order valence-corrected chi connectivity index (χ0v) is 16.7. The van der Waals surface area contributed by atoms with Crippen LogP contribution in [0.3, 0.4) is 0 Å². The molecule has 2 aromatic carbocycles. The van der Waals surface area contributed by atoms with E-state index in [1.54, 1.807) is 25.6 Å². The Morgan fingerprint density at radius 2 is 2.00 bits per heavy atom. The van der Waals surface area contributed by atoms with Crippen LogP contribution in [-0.2, 0) is 4.79 Å². The number of carboxylic acid groups (broad SMARTS) is 1. The number of carbonyl (C=O) groups is 1. The smallest absolute Gasteiger partial charge is 0.320 e. The molecule has 2 atom stereocenters. The monoisotopic (exact) mass is 397 g/mol. The van der Waals surface area contributed by atoms with Gasteiger partial charge in [-0.15, -0.1) is 11.3 Å². The number of methoxy groups -OCH3 is 2. The molecule has 1 fully saturated rings. The molecule has 1 N–H and O–H groups in total. The maximum absolute atomic E-state index is 11.9. The molecule has 3 aromatic rings. The summed E-state index contributed by atoms with van der Waals surface area (Å²) in [4.78, 5) is 15.1. The van der Waals surface area contributed by atoms with E-state index in [0.717, 1.165) is 23.4 Å². The Kier molecular flexibility index (Phi) is 5.24. The maximum atomic E-state index is 11.9. The van der Waals surface area contributed by atoms with Gasteiger partial charge >= 0.3 is 5.97 Å². The molecule has 5 nitrogen and oxygen atoms in total. The standard InChI is InChI=1S/C22H23NO4S/c1-26-15-9-10-16(18(13-15)27-2)21(23-11-5-7-17(23)22(24)25)20-12-14-6-3-4-8-19(14)28-20/h3-4,6,8-10,12-13,17,21H,5,7,11H2,1-2H3,(H,24,25). The molecule has 1 aliphatic rings. The summed E-state index contributed by atoms with van der Waals surface area (Å²) in [6.45, 7) is 0.741. The number of benzene rings is 2. The number of ether oxygens (including phenoxy) is 2. The van der Waals surface area contributed by atoms with E-state index in [4.69, 9.17) is 9.47 Å². The summed E-state index contributed by atoms with van der Waals surface area (Å²) in [5, 5.41) is 11.0. The molecule has 0 aliphatic carbocycles. The Labute approximate surface area is 168 Å². The van der Waals surface area contributed by atoms with Crippen LogP contribution in [0, 0.1) is 0 Å². The minimum atomic E-state index is -0.768. The molecule has 2 unspecified atom stereocenters. The van der Waals surface area contributed by atoms with Gasteiger partial charge in [-0.3, -0.25) is 9.69 Å². The maximum Gasteiger partial charge on any atom is 0.320 e. The first-order valence-corrected chi connectivity index (χ1v) is 10.1. The van der Waals surface area contributed by atoms with Crippen LogP contribution in [0.25, 0.3) is 10.1 Å². The normalized spacial score (nSPS) is 18.3. The van der Waals surface area contributed by atoms with E-state index in [1.807, 2.05) is 30.3 Å². The zero-order chi connectivity index (χ0) is 19.7. The highest BCUT2D eigenvalue weighted by molar-refractivity contribution is 7.19. The van der Waals surface area contributed by atoms with Crippen molar-refractivity contribution in [1.29, 1.82) is 0 Å². The lowest BCUT2D eigenvalue weighted by molar-refractivity contribution is -0.142. The van der Waals surface area contributed by atoms with Crippen LogP contribution >= 0.6 is 11.3 Å². The summed E-state index contributed by atoms with van der Waals surface area (Å²) in [7, 11) is 3.26. The Bertz CT molecular complexity index is 966. The minimum Gasteiger partial charge on any atom is -0.497 e. The second-order valence-corrected chi connectivity index (χ2v) is 8.05. The summed E-state index contributed by atoms with van der Waals surface area (Å²) in [5.41, 5.74) is 0.961. The third kappa shape index (κ3) is 3.34. The Hall–Kier alpha value is -2.57. The third-order valence-electron chi connectivity index (χ3n) is 5.36. The molecule has 1 saturated heterocycles. The first-order valence-electron chi connectivity index (χ1n) is 9.31. The molecule has 0 bridgehead atoms. The van der Waals surface area contributed by atoms with Crippen molar-refractivity contribution in [3.8, 4) is 11.5 Å². The zero-order valence-electron chi connectivity index (χ0n) is 15.9. The Morgan fingerprint density at radius 3 is 2.71 bits per heavy atom. The number of rotatable bonds is 6. The molecular weight excluding hydrogens is 374 g/mol.